The number of nitrogens with one attached hydrogen (secondary N) is 2. The van der Waals surface area contributed by atoms with Crippen molar-refractivity contribution in [1.29, 1.82) is 0 Å². The van der Waals surface area contributed by atoms with E-state index in [0.717, 1.165) is 18.5 Å². The summed E-state index contributed by atoms with van der Waals surface area (Å²) < 4.78 is 0. The summed E-state index contributed by atoms with van der Waals surface area (Å²) in [6, 6.07) is 6.22. The Morgan fingerprint density at radius 2 is 2.17 bits per heavy atom. The fraction of sp³-hybridized carbons (Fsp3) is 0.385. The summed E-state index contributed by atoms with van der Waals surface area (Å²) in [5.41, 5.74) is 9.43. The average molecular weight is 246 g/mol. The molecular formula is C13H18N4O. The molecule has 4 N–H and O–H groups in total. The normalized spacial score (nSPS) is 14.2. The first kappa shape index (κ1) is 12.4. The number of fused-ring (bicyclic) bond motifs is 1. The molecule has 1 aliphatic carbocycles. The van der Waals surface area contributed by atoms with Crippen molar-refractivity contribution in [2.75, 3.05) is 18.9 Å². The molecule has 18 heavy (non-hydrogen) atoms. The van der Waals surface area contributed by atoms with Crippen molar-refractivity contribution < 1.29 is 4.79 Å². The number of guanidine groups is 1. The zero-order valence-corrected chi connectivity index (χ0v) is 10.5. The lowest BCUT2D eigenvalue weighted by Crippen LogP contribution is -2.27. The van der Waals surface area contributed by atoms with Crippen molar-refractivity contribution in [2.24, 2.45) is 10.7 Å². The molecule has 1 aromatic rings. The standard InChI is InChI=1S/C13H18N4O/c1-15-12(18)8-16-13(14)17-11-6-5-9-3-2-4-10(9)7-11/h5-7H,2-4,8H2,1H3,(H,15,18)(H3,14,16,17). The monoisotopic (exact) mass is 246 g/mol. The Labute approximate surface area is 106 Å². The predicted molar refractivity (Wildman–Crippen MR) is 72.6 cm³/mol. The molecule has 0 radical (unpaired) electrons. The zero-order chi connectivity index (χ0) is 13.0. The molecule has 1 aromatic carbocycles. The lowest BCUT2D eigenvalue weighted by Gasteiger charge is -2.07. The Kier molecular flexibility index (Phi) is 3.82. The van der Waals surface area contributed by atoms with E-state index in [1.54, 1.807) is 7.05 Å². The first-order chi connectivity index (χ1) is 8.69. The topological polar surface area (TPSA) is 79.5 Å². The van der Waals surface area contributed by atoms with Gasteiger partial charge in [0.2, 0.25) is 5.91 Å². The highest BCUT2D eigenvalue weighted by atomic mass is 16.1. The van der Waals surface area contributed by atoms with E-state index >= 15 is 0 Å². The molecule has 5 heteroatoms. The number of hydrogen-bond acceptors (Lipinski definition) is 2. The highest BCUT2D eigenvalue weighted by molar-refractivity contribution is 5.94. The van der Waals surface area contributed by atoms with Gasteiger partial charge in [0.05, 0.1) is 0 Å². The number of rotatable bonds is 3. The van der Waals surface area contributed by atoms with Crippen LogP contribution in [0.5, 0.6) is 0 Å². The van der Waals surface area contributed by atoms with Gasteiger partial charge in [0.1, 0.15) is 6.54 Å². The van der Waals surface area contributed by atoms with Crippen LogP contribution in [-0.2, 0) is 17.6 Å². The minimum Gasteiger partial charge on any atom is -0.370 e. The van der Waals surface area contributed by atoms with Crippen molar-refractivity contribution >= 4 is 17.6 Å². The van der Waals surface area contributed by atoms with Crippen molar-refractivity contribution in [3.05, 3.63) is 29.3 Å². The summed E-state index contributed by atoms with van der Waals surface area (Å²) in [6.45, 7) is 0.0419. The van der Waals surface area contributed by atoms with Crippen LogP contribution in [0.4, 0.5) is 5.69 Å². The number of nitrogens with two attached hydrogens (primary N) is 1. The summed E-state index contributed by atoms with van der Waals surface area (Å²) >= 11 is 0. The van der Waals surface area contributed by atoms with Gasteiger partial charge >= 0.3 is 0 Å². The third-order valence-corrected chi connectivity index (χ3v) is 3.04. The van der Waals surface area contributed by atoms with Crippen LogP contribution in [0.2, 0.25) is 0 Å². The number of anilines is 1. The van der Waals surface area contributed by atoms with E-state index in [2.05, 4.69) is 27.8 Å². The number of aryl methyl sites for hydroxylation is 2. The highest BCUT2D eigenvalue weighted by Crippen LogP contribution is 2.24. The van der Waals surface area contributed by atoms with Crippen LogP contribution in [0.15, 0.2) is 23.2 Å². The molecule has 5 nitrogen and oxygen atoms in total. The molecule has 0 bridgehead atoms. The second-order valence-electron chi connectivity index (χ2n) is 4.34. The Morgan fingerprint density at radius 3 is 2.94 bits per heavy atom. The Hall–Kier alpha value is -2.04. The van der Waals surface area contributed by atoms with Crippen LogP contribution in [-0.4, -0.2) is 25.5 Å². The Balaban J connectivity index is 1.99. The molecule has 0 aromatic heterocycles. The maximum Gasteiger partial charge on any atom is 0.241 e. The predicted octanol–water partition coefficient (Wildman–Crippen LogP) is 0.648. The molecule has 1 amide bonds. The summed E-state index contributed by atoms with van der Waals surface area (Å²) in [4.78, 5) is 15.0. The van der Waals surface area contributed by atoms with Gasteiger partial charge in [-0.1, -0.05) is 6.07 Å². The molecule has 0 fully saturated rings. The fourth-order valence-electron chi connectivity index (χ4n) is 2.07. The molecule has 0 aliphatic heterocycles. The number of hydrogen-bond donors (Lipinski definition) is 3. The van der Waals surface area contributed by atoms with E-state index in [1.807, 2.05) is 6.07 Å². The van der Waals surface area contributed by atoms with E-state index in [9.17, 15) is 4.79 Å². The van der Waals surface area contributed by atoms with Crippen LogP contribution in [0, 0.1) is 0 Å². The lowest BCUT2D eigenvalue weighted by molar-refractivity contribution is -0.119. The molecule has 1 aliphatic rings. The van der Waals surface area contributed by atoms with Gasteiger partial charge in [0, 0.05) is 12.7 Å². The lowest BCUT2D eigenvalue weighted by atomic mass is 10.1. The van der Waals surface area contributed by atoms with Gasteiger partial charge in [-0.15, -0.1) is 0 Å². The van der Waals surface area contributed by atoms with Crippen molar-refractivity contribution in [3.8, 4) is 0 Å². The van der Waals surface area contributed by atoms with Gasteiger partial charge in [0.25, 0.3) is 0 Å². The van der Waals surface area contributed by atoms with E-state index in [0.29, 0.717) is 0 Å². The van der Waals surface area contributed by atoms with Gasteiger partial charge < -0.3 is 16.4 Å². The van der Waals surface area contributed by atoms with Crippen molar-refractivity contribution in [1.82, 2.24) is 5.32 Å². The number of carbonyl (C=O) groups is 1. The molecule has 0 saturated heterocycles. The Morgan fingerprint density at radius 1 is 1.39 bits per heavy atom. The first-order valence-electron chi connectivity index (χ1n) is 6.08. The SMILES string of the molecule is CNC(=O)CN=C(N)Nc1ccc2c(c1)CCC2. The second kappa shape index (κ2) is 5.53. The number of nitrogens with zero attached hydrogens (tertiary/aromatic N) is 1. The number of aliphatic imine (C=N–C) groups is 1. The quantitative estimate of drug-likeness (QED) is 0.541. The van der Waals surface area contributed by atoms with Gasteiger partial charge in [0.15, 0.2) is 5.96 Å². The highest BCUT2D eigenvalue weighted by Gasteiger charge is 2.10. The molecule has 0 spiro atoms. The van der Waals surface area contributed by atoms with Gasteiger partial charge in [-0.3, -0.25) is 4.79 Å². The summed E-state index contributed by atoms with van der Waals surface area (Å²) in [7, 11) is 1.57. The van der Waals surface area contributed by atoms with E-state index in [1.165, 1.54) is 17.5 Å². The second-order valence-corrected chi connectivity index (χ2v) is 4.34. The van der Waals surface area contributed by atoms with Crippen LogP contribution < -0.4 is 16.4 Å². The molecule has 2 rings (SSSR count). The first-order valence-corrected chi connectivity index (χ1v) is 6.08. The number of carbonyl (C=O) groups excluding carboxylic acids is 1. The maximum atomic E-state index is 11.0. The molecular weight excluding hydrogens is 228 g/mol. The molecule has 0 atom stereocenters. The van der Waals surface area contributed by atoms with Gasteiger partial charge in [-0.05, 0) is 42.5 Å². The van der Waals surface area contributed by atoms with Crippen LogP contribution in [0.3, 0.4) is 0 Å². The minimum atomic E-state index is -0.159. The van der Waals surface area contributed by atoms with E-state index < -0.39 is 0 Å². The third-order valence-electron chi connectivity index (χ3n) is 3.04. The zero-order valence-electron chi connectivity index (χ0n) is 10.5. The van der Waals surface area contributed by atoms with E-state index in [-0.39, 0.29) is 18.4 Å². The van der Waals surface area contributed by atoms with Gasteiger partial charge in [-0.25, -0.2) is 4.99 Å². The largest absolute Gasteiger partial charge is 0.370 e. The smallest absolute Gasteiger partial charge is 0.241 e. The number of amides is 1. The van der Waals surface area contributed by atoms with Crippen molar-refractivity contribution in [2.45, 2.75) is 19.3 Å². The summed E-state index contributed by atoms with van der Waals surface area (Å²) in [6.07, 6.45) is 3.51. The molecule has 0 unspecified atom stereocenters. The minimum absolute atomic E-state index is 0.0419. The summed E-state index contributed by atoms with van der Waals surface area (Å²) in [5.74, 6) is 0.102. The third kappa shape index (κ3) is 3.00. The van der Waals surface area contributed by atoms with Crippen LogP contribution >= 0.6 is 0 Å². The molecule has 0 heterocycles. The molecule has 0 saturated carbocycles. The summed E-state index contributed by atoms with van der Waals surface area (Å²) in [5, 5.41) is 5.49. The van der Waals surface area contributed by atoms with Crippen LogP contribution in [0.1, 0.15) is 17.5 Å². The van der Waals surface area contributed by atoms with Crippen molar-refractivity contribution in [3.63, 3.8) is 0 Å². The van der Waals surface area contributed by atoms with Crippen LogP contribution in [0.25, 0.3) is 0 Å². The Bertz CT molecular complexity index is 482. The van der Waals surface area contributed by atoms with E-state index in [4.69, 9.17) is 5.73 Å². The fourth-order valence-corrected chi connectivity index (χ4v) is 2.07. The average Bonchev–Trinajstić information content (AvgIpc) is 2.83. The molecule has 96 valence electrons. The maximum absolute atomic E-state index is 11.0. The van der Waals surface area contributed by atoms with Gasteiger partial charge in [-0.2, -0.15) is 0 Å². The number of benzene rings is 1. The number of likely N-dealkylation sites (N-methyl/N-ethyl adjacent to an activating group) is 1.